The Morgan fingerprint density at radius 1 is 1.02 bits per heavy atom. The zero-order valence-electron chi connectivity index (χ0n) is 24.0. The predicted molar refractivity (Wildman–Crippen MR) is 161 cm³/mol. The van der Waals surface area contributed by atoms with Crippen LogP contribution in [-0.2, 0) is 18.7 Å². The Morgan fingerprint density at radius 2 is 1.79 bits per heavy atom. The summed E-state index contributed by atoms with van der Waals surface area (Å²) in [4.78, 5) is 6.32. The molecule has 0 saturated carbocycles. The van der Waals surface area contributed by atoms with E-state index in [9.17, 15) is 9.50 Å². The SMILES string of the molecule is CCC(CC)CN(Cc1ccc(Cl)cc1)c1ccc2nn([C@H](C)[C@](O)(Cn3cncn3)c3ccc(F)cc3F)cc2c1. The van der Waals surface area contributed by atoms with Gasteiger partial charge in [0.25, 0.3) is 0 Å². The van der Waals surface area contributed by atoms with Gasteiger partial charge in [0, 0.05) is 47.0 Å². The van der Waals surface area contributed by atoms with Gasteiger partial charge in [-0.15, -0.1) is 0 Å². The normalized spacial score (nSPS) is 13.9. The summed E-state index contributed by atoms with van der Waals surface area (Å²) in [7, 11) is 0. The van der Waals surface area contributed by atoms with Gasteiger partial charge in [0.1, 0.15) is 29.9 Å². The highest BCUT2D eigenvalue weighted by molar-refractivity contribution is 6.30. The van der Waals surface area contributed by atoms with Crippen LogP contribution in [0.4, 0.5) is 14.5 Å². The summed E-state index contributed by atoms with van der Waals surface area (Å²) in [5.41, 5.74) is 1.09. The molecule has 42 heavy (non-hydrogen) atoms. The quantitative estimate of drug-likeness (QED) is 0.167. The molecule has 7 nitrogen and oxygen atoms in total. The summed E-state index contributed by atoms with van der Waals surface area (Å²) in [5.74, 6) is -1.03. The fourth-order valence-electron chi connectivity index (χ4n) is 5.42. The van der Waals surface area contributed by atoms with Crippen LogP contribution in [0.5, 0.6) is 0 Å². The first-order chi connectivity index (χ1) is 20.2. The van der Waals surface area contributed by atoms with Gasteiger partial charge < -0.3 is 10.0 Å². The highest BCUT2D eigenvalue weighted by Gasteiger charge is 2.41. The van der Waals surface area contributed by atoms with Crippen LogP contribution in [-0.4, -0.2) is 36.2 Å². The third-order valence-electron chi connectivity index (χ3n) is 8.15. The van der Waals surface area contributed by atoms with E-state index in [1.54, 1.807) is 11.6 Å². The van der Waals surface area contributed by atoms with E-state index in [1.165, 1.54) is 23.4 Å². The summed E-state index contributed by atoms with van der Waals surface area (Å²) >= 11 is 6.13. The van der Waals surface area contributed by atoms with E-state index in [0.29, 0.717) is 10.9 Å². The van der Waals surface area contributed by atoms with Crippen molar-refractivity contribution in [2.75, 3.05) is 11.4 Å². The van der Waals surface area contributed by atoms with E-state index in [0.717, 1.165) is 60.2 Å². The maximum atomic E-state index is 15.1. The van der Waals surface area contributed by atoms with E-state index in [2.05, 4.69) is 41.0 Å². The Kier molecular flexibility index (Phi) is 8.89. The lowest BCUT2D eigenvalue weighted by molar-refractivity contribution is -0.0366. The Hall–Kier alpha value is -3.82. The molecule has 5 aromatic rings. The number of anilines is 1. The van der Waals surface area contributed by atoms with Crippen molar-refractivity contribution in [1.29, 1.82) is 0 Å². The van der Waals surface area contributed by atoms with Crippen molar-refractivity contribution < 1.29 is 13.9 Å². The van der Waals surface area contributed by atoms with Gasteiger partial charge in [-0.1, -0.05) is 56.5 Å². The molecule has 0 bridgehead atoms. The summed E-state index contributed by atoms with van der Waals surface area (Å²) in [6, 6.07) is 16.5. The molecular weight excluding hydrogens is 558 g/mol. The Balaban J connectivity index is 1.51. The second-order valence-electron chi connectivity index (χ2n) is 10.9. The Morgan fingerprint density at radius 3 is 2.45 bits per heavy atom. The molecule has 1 N–H and O–H groups in total. The van der Waals surface area contributed by atoms with Crippen LogP contribution < -0.4 is 4.90 Å². The molecule has 3 aromatic carbocycles. The monoisotopic (exact) mass is 592 g/mol. The van der Waals surface area contributed by atoms with Gasteiger partial charge in [-0.2, -0.15) is 10.2 Å². The molecule has 220 valence electrons. The molecule has 10 heteroatoms. The molecule has 0 saturated heterocycles. The van der Waals surface area contributed by atoms with Crippen LogP contribution in [0.1, 0.15) is 50.8 Å². The number of benzene rings is 3. The lowest BCUT2D eigenvalue weighted by Crippen LogP contribution is -2.40. The molecule has 0 aliphatic heterocycles. The number of nitrogens with zero attached hydrogens (tertiary/aromatic N) is 6. The third-order valence-corrected chi connectivity index (χ3v) is 8.40. The van der Waals surface area contributed by atoms with Crippen LogP contribution in [0, 0.1) is 17.6 Å². The predicted octanol–water partition coefficient (Wildman–Crippen LogP) is 7.15. The molecule has 2 heterocycles. The molecule has 0 fully saturated rings. The van der Waals surface area contributed by atoms with Gasteiger partial charge in [-0.3, -0.25) is 4.68 Å². The van der Waals surface area contributed by atoms with Crippen LogP contribution in [0.3, 0.4) is 0 Å². The first-order valence-corrected chi connectivity index (χ1v) is 14.6. The van der Waals surface area contributed by atoms with E-state index in [4.69, 9.17) is 16.7 Å². The fourth-order valence-corrected chi connectivity index (χ4v) is 5.55. The largest absolute Gasteiger partial charge is 0.381 e. The van der Waals surface area contributed by atoms with E-state index in [-0.39, 0.29) is 12.1 Å². The van der Waals surface area contributed by atoms with E-state index >= 15 is 4.39 Å². The van der Waals surface area contributed by atoms with Crippen LogP contribution in [0.25, 0.3) is 10.9 Å². The number of fused-ring (bicyclic) bond motifs is 1. The summed E-state index contributed by atoms with van der Waals surface area (Å²) in [6.45, 7) is 7.70. The maximum Gasteiger partial charge on any atom is 0.137 e. The molecule has 0 amide bonds. The molecule has 2 atom stereocenters. The minimum absolute atomic E-state index is 0.0496. The number of rotatable bonds is 12. The van der Waals surface area contributed by atoms with Crippen LogP contribution >= 0.6 is 11.6 Å². The van der Waals surface area contributed by atoms with Crippen LogP contribution in [0.2, 0.25) is 5.02 Å². The number of aromatic nitrogens is 5. The summed E-state index contributed by atoms with van der Waals surface area (Å²) in [5, 5.41) is 22.5. The number of hydrogen-bond donors (Lipinski definition) is 1. The topological polar surface area (TPSA) is 72.0 Å². The van der Waals surface area contributed by atoms with Crippen molar-refractivity contribution in [2.45, 2.75) is 58.3 Å². The van der Waals surface area contributed by atoms with Gasteiger partial charge >= 0.3 is 0 Å². The molecule has 0 radical (unpaired) electrons. The zero-order valence-corrected chi connectivity index (χ0v) is 24.7. The fraction of sp³-hybridized carbons (Fsp3) is 0.344. The van der Waals surface area contributed by atoms with Gasteiger partial charge in [0.2, 0.25) is 0 Å². The van der Waals surface area contributed by atoms with E-state index in [1.807, 2.05) is 36.5 Å². The third kappa shape index (κ3) is 6.32. The average molecular weight is 593 g/mol. The molecule has 0 unspecified atom stereocenters. The van der Waals surface area contributed by atoms with Crippen LogP contribution in [0.15, 0.2) is 79.5 Å². The lowest BCUT2D eigenvalue weighted by atomic mass is 9.86. The maximum absolute atomic E-state index is 15.1. The average Bonchev–Trinajstić information content (AvgIpc) is 3.65. The van der Waals surface area contributed by atoms with Gasteiger partial charge in [0.05, 0.1) is 18.1 Å². The molecule has 0 aliphatic rings. The molecule has 0 spiro atoms. The standard InChI is InChI=1S/C32H35ClF2N6O/c1-4-23(5-2)16-39(17-24-6-8-26(33)9-7-24)28-11-13-31-25(14-28)18-41(38-31)22(3)32(42,19-40-21-36-20-37-40)29-12-10-27(34)15-30(29)35/h6-15,18,20-23,42H,4-5,16-17,19H2,1-3H3/t22-,32-/m1/s1. The Bertz CT molecular complexity index is 1620. The summed E-state index contributed by atoms with van der Waals surface area (Å²) in [6.07, 6.45) is 6.80. The molecule has 2 aromatic heterocycles. The molecular formula is C32H35ClF2N6O. The number of aliphatic hydroxyl groups is 1. The van der Waals surface area contributed by atoms with Gasteiger partial charge in [0.15, 0.2) is 0 Å². The minimum Gasteiger partial charge on any atom is -0.381 e. The molecule has 5 rings (SSSR count). The van der Waals surface area contributed by atoms with Crippen molar-refractivity contribution in [2.24, 2.45) is 5.92 Å². The van der Waals surface area contributed by atoms with Gasteiger partial charge in [-0.05, 0) is 54.8 Å². The second kappa shape index (κ2) is 12.6. The first kappa shape index (κ1) is 29.7. The number of halogens is 3. The van der Waals surface area contributed by atoms with Crippen molar-refractivity contribution in [3.63, 3.8) is 0 Å². The summed E-state index contributed by atoms with van der Waals surface area (Å²) < 4.78 is 31.9. The molecule has 0 aliphatic carbocycles. The van der Waals surface area contributed by atoms with E-state index < -0.39 is 23.3 Å². The van der Waals surface area contributed by atoms with Crippen molar-refractivity contribution >= 4 is 28.2 Å². The lowest BCUT2D eigenvalue weighted by Gasteiger charge is -2.34. The van der Waals surface area contributed by atoms with Crippen molar-refractivity contribution in [3.8, 4) is 0 Å². The smallest absolute Gasteiger partial charge is 0.137 e. The minimum atomic E-state index is -1.81. The highest BCUT2D eigenvalue weighted by atomic mass is 35.5. The second-order valence-corrected chi connectivity index (χ2v) is 11.3. The highest BCUT2D eigenvalue weighted by Crippen LogP contribution is 2.37. The first-order valence-electron chi connectivity index (χ1n) is 14.2. The Labute approximate surface area is 249 Å². The van der Waals surface area contributed by atoms with Gasteiger partial charge in [-0.25, -0.2) is 18.4 Å². The number of hydrogen-bond acceptors (Lipinski definition) is 5. The van der Waals surface area contributed by atoms with Crippen molar-refractivity contribution in [1.82, 2.24) is 24.5 Å². The zero-order chi connectivity index (χ0) is 29.9. The van der Waals surface area contributed by atoms with Crippen molar-refractivity contribution in [3.05, 3.63) is 107 Å².